The maximum Gasteiger partial charge on any atom is 0.147 e. The summed E-state index contributed by atoms with van der Waals surface area (Å²) in [6, 6.07) is 8.72. The van der Waals surface area contributed by atoms with Crippen molar-refractivity contribution in [2.45, 2.75) is 71.4 Å². The number of nitrogen functional groups attached to an aromatic ring is 1. The lowest BCUT2D eigenvalue weighted by Crippen LogP contribution is -2.36. The summed E-state index contributed by atoms with van der Waals surface area (Å²) in [5.74, 6) is 8.07. The normalized spacial score (nSPS) is 28.7. The Morgan fingerprint density at radius 3 is 2.73 bits per heavy atom. The first-order valence-corrected chi connectivity index (χ1v) is 10.3. The molecule has 0 radical (unpaired) electrons. The number of nitrogens with zero attached hydrogens (tertiary/aromatic N) is 3. The largest absolute Gasteiger partial charge is 0.364 e. The molecule has 3 unspecified atom stereocenters. The van der Waals surface area contributed by atoms with Gasteiger partial charge in [-0.15, -0.1) is 0 Å². The molecule has 0 bridgehead atoms. The van der Waals surface area contributed by atoms with Crippen molar-refractivity contribution < 1.29 is 0 Å². The first-order valence-electron chi connectivity index (χ1n) is 10.3. The van der Waals surface area contributed by atoms with E-state index in [-0.39, 0.29) is 5.41 Å². The van der Waals surface area contributed by atoms with Crippen LogP contribution in [0.1, 0.15) is 64.6 Å². The zero-order valence-corrected chi connectivity index (χ0v) is 16.2. The Bertz CT molecular complexity index is 808. The molecule has 2 N–H and O–H groups in total. The predicted molar refractivity (Wildman–Crippen MR) is 108 cm³/mol. The van der Waals surface area contributed by atoms with Crippen LogP contribution in [0, 0.1) is 11.3 Å². The Labute approximate surface area is 157 Å². The molecule has 1 aromatic carbocycles. The minimum absolute atomic E-state index is 0.269. The number of benzene rings is 1. The minimum atomic E-state index is 0.269. The van der Waals surface area contributed by atoms with Crippen LogP contribution in [0.4, 0.5) is 0 Å². The van der Waals surface area contributed by atoms with E-state index in [1.54, 1.807) is 4.68 Å². The highest BCUT2D eigenvalue weighted by Crippen LogP contribution is 2.57. The lowest BCUT2D eigenvalue weighted by atomic mass is 9.65. The van der Waals surface area contributed by atoms with Crippen molar-refractivity contribution in [3.63, 3.8) is 0 Å². The van der Waals surface area contributed by atoms with Gasteiger partial charge in [0.2, 0.25) is 0 Å². The number of hydrogen-bond donors (Lipinski definition) is 1. The highest BCUT2D eigenvalue weighted by Gasteiger charge is 2.53. The van der Waals surface area contributed by atoms with Crippen LogP contribution in [0.15, 0.2) is 36.5 Å². The molecule has 4 nitrogen and oxygen atoms in total. The summed E-state index contributed by atoms with van der Waals surface area (Å²) in [4.78, 5) is 7.39. The van der Waals surface area contributed by atoms with Crippen molar-refractivity contribution in [2.24, 2.45) is 11.3 Å². The summed E-state index contributed by atoms with van der Waals surface area (Å²) < 4.78 is 1.77. The van der Waals surface area contributed by atoms with Crippen LogP contribution in [0.25, 0.3) is 11.0 Å². The monoisotopic (exact) mass is 352 g/mol. The summed E-state index contributed by atoms with van der Waals surface area (Å²) in [5, 5.41) is 0. The Morgan fingerprint density at radius 1 is 1.23 bits per heavy atom. The molecule has 2 aliphatic rings. The highest BCUT2D eigenvalue weighted by atomic mass is 15.4. The van der Waals surface area contributed by atoms with Gasteiger partial charge in [-0.1, -0.05) is 51.8 Å². The zero-order valence-electron chi connectivity index (χ0n) is 16.2. The van der Waals surface area contributed by atoms with Crippen molar-refractivity contribution in [3.8, 4) is 0 Å². The average molecular weight is 353 g/mol. The molecular weight excluding hydrogens is 320 g/mol. The second kappa shape index (κ2) is 6.64. The van der Waals surface area contributed by atoms with Gasteiger partial charge < -0.3 is 10.7 Å². The second-order valence-electron chi connectivity index (χ2n) is 8.18. The van der Waals surface area contributed by atoms with Crippen LogP contribution >= 0.6 is 0 Å². The fourth-order valence-corrected chi connectivity index (χ4v) is 5.82. The third kappa shape index (κ3) is 2.45. The standard InChI is InChI=1S/C22H32N4/c1-4-14-22(5-2)16(3)25(19-12-8-6-10-17(19)22)15-21-24-18-11-7-9-13-20(18)26(21)23/h7,9,11,13,17,19H,3-6,8,10,12,14-15,23H2,1-2H3. The van der Waals surface area contributed by atoms with E-state index in [1.165, 1.54) is 50.6 Å². The van der Waals surface area contributed by atoms with Crippen molar-refractivity contribution >= 4 is 11.0 Å². The number of allylic oxidation sites excluding steroid dienone is 1. The number of fused-ring (bicyclic) bond motifs is 2. The molecule has 1 aromatic heterocycles. The van der Waals surface area contributed by atoms with E-state index in [2.05, 4.69) is 25.3 Å². The van der Waals surface area contributed by atoms with Gasteiger partial charge in [-0.25, -0.2) is 9.66 Å². The van der Waals surface area contributed by atoms with Crippen LogP contribution in [0.3, 0.4) is 0 Å². The van der Waals surface area contributed by atoms with Crippen LogP contribution in [-0.2, 0) is 6.54 Å². The minimum Gasteiger partial charge on any atom is -0.364 e. The molecule has 2 aromatic rings. The highest BCUT2D eigenvalue weighted by molar-refractivity contribution is 5.75. The van der Waals surface area contributed by atoms with E-state index < -0.39 is 0 Å². The Balaban J connectivity index is 1.70. The molecule has 2 heterocycles. The van der Waals surface area contributed by atoms with Gasteiger partial charge in [0, 0.05) is 17.2 Å². The van der Waals surface area contributed by atoms with Gasteiger partial charge in [0.15, 0.2) is 0 Å². The summed E-state index contributed by atoms with van der Waals surface area (Å²) in [5.41, 5.74) is 3.59. The molecule has 4 rings (SSSR count). The van der Waals surface area contributed by atoms with Crippen molar-refractivity contribution in [2.75, 3.05) is 5.84 Å². The zero-order chi connectivity index (χ0) is 18.3. The predicted octanol–water partition coefficient (Wildman–Crippen LogP) is 4.83. The second-order valence-corrected chi connectivity index (χ2v) is 8.18. The quantitative estimate of drug-likeness (QED) is 0.784. The number of hydrogen-bond acceptors (Lipinski definition) is 3. The molecule has 140 valence electrons. The molecule has 1 aliphatic carbocycles. The maximum atomic E-state index is 6.39. The van der Waals surface area contributed by atoms with Crippen LogP contribution in [-0.4, -0.2) is 20.6 Å². The smallest absolute Gasteiger partial charge is 0.147 e. The van der Waals surface area contributed by atoms with E-state index >= 15 is 0 Å². The van der Waals surface area contributed by atoms with Crippen molar-refractivity contribution in [1.82, 2.24) is 14.6 Å². The topological polar surface area (TPSA) is 47.1 Å². The first kappa shape index (κ1) is 17.4. The van der Waals surface area contributed by atoms with Crippen LogP contribution in [0.5, 0.6) is 0 Å². The van der Waals surface area contributed by atoms with Gasteiger partial charge >= 0.3 is 0 Å². The number of likely N-dealkylation sites (tertiary alicyclic amines) is 1. The summed E-state index contributed by atoms with van der Waals surface area (Å²) in [7, 11) is 0. The molecular formula is C22H32N4. The lowest BCUT2D eigenvalue weighted by molar-refractivity contribution is 0.138. The number of nitrogens with two attached hydrogens (primary N) is 1. The molecule has 0 amide bonds. The number of aromatic nitrogens is 2. The molecule has 1 saturated heterocycles. The molecule has 1 saturated carbocycles. The SMILES string of the molecule is C=C1N(Cc2nc3ccccc3n2N)C2CCCCC2C1(CC)CCC. The summed E-state index contributed by atoms with van der Waals surface area (Å²) in [6.45, 7) is 10.1. The van der Waals surface area contributed by atoms with E-state index in [0.717, 1.165) is 29.3 Å². The first-order chi connectivity index (χ1) is 12.6. The molecule has 2 fully saturated rings. The average Bonchev–Trinajstić information content (AvgIpc) is 3.11. The molecule has 3 atom stereocenters. The van der Waals surface area contributed by atoms with Gasteiger partial charge in [0.1, 0.15) is 5.82 Å². The fourth-order valence-electron chi connectivity index (χ4n) is 5.82. The molecule has 0 spiro atoms. The van der Waals surface area contributed by atoms with Crippen molar-refractivity contribution in [1.29, 1.82) is 0 Å². The molecule has 4 heteroatoms. The Morgan fingerprint density at radius 2 is 2.00 bits per heavy atom. The van der Waals surface area contributed by atoms with Gasteiger partial charge in [0.25, 0.3) is 0 Å². The van der Waals surface area contributed by atoms with Crippen molar-refractivity contribution in [3.05, 3.63) is 42.4 Å². The third-order valence-electron chi connectivity index (χ3n) is 7.07. The Kier molecular flexibility index (Phi) is 4.45. The summed E-state index contributed by atoms with van der Waals surface area (Å²) >= 11 is 0. The molecule has 26 heavy (non-hydrogen) atoms. The van der Waals surface area contributed by atoms with Gasteiger partial charge in [0.05, 0.1) is 17.6 Å². The summed E-state index contributed by atoms with van der Waals surface area (Å²) in [6.07, 6.45) is 8.97. The van der Waals surface area contributed by atoms with Gasteiger partial charge in [-0.2, -0.15) is 0 Å². The van der Waals surface area contributed by atoms with E-state index in [1.807, 2.05) is 24.3 Å². The van der Waals surface area contributed by atoms with E-state index in [9.17, 15) is 0 Å². The number of imidazole rings is 1. The Hall–Kier alpha value is -1.97. The van der Waals surface area contributed by atoms with E-state index in [0.29, 0.717) is 6.04 Å². The van der Waals surface area contributed by atoms with Crippen LogP contribution < -0.4 is 5.84 Å². The number of rotatable bonds is 5. The maximum absolute atomic E-state index is 6.39. The fraction of sp³-hybridized carbons (Fsp3) is 0.591. The number of para-hydroxylation sites is 2. The van der Waals surface area contributed by atoms with Crippen LogP contribution in [0.2, 0.25) is 0 Å². The van der Waals surface area contributed by atoms with Gasteiger partial charge in [-0.05, 0) is 43.7 Å². The molecule has 1 aliphatic heterocycles. The van der Waals surface area contributed by atoms with Gasteiger partial charge in [-0.3, -0.25) is 0 Å². The third-order valence-corrected chi connectivity index (χ3v) is 7.07. The van der Waals surface area contributed by atoms with E-state index in [4.69, 9.17) is 10.8 Å². The lowest BCUT2D eigenvalue weighted by Gasteiger charge is -2.38.